The highest BCUT2D eigenvalue weighted by Crippen LogP contribution is 2.40. The number of hydrogen-bond acceptors (Lipinski definition) is 6. The van der Waals surface area contributed by atoms with E-state index in [2.05, 4.69) is 5.32 Å². The molecule has 4 N–H and O–H groups in total. The number of anilines is 2. The Morgan fingerprint density at radius 3 is 2.43 bits per heavy atom. The van der Waals surface area contributed by atoms with Crippen LogP contribution in [0.4, 0.5) is 11.4 Å². The number of carboxylic acids is 1. The second kappa shape index (κ2) is 7.71. The number of amides is 1. The number of hydrogen-bond donors (Lipinski definition) is 4. The van der Waals surface area contributed by atoms with Crippen LogP contribution < -0.4 is 15.0 Å². The van der Waals surface area contributed by atoms with Gasteiger partial charge in [0.2, 0.25) is 5.91 Å². The van der Waals surface area contributed by atoms with Crippen molar-refractivity contribution in [2.45, 2.75) is 39.0 Å². The van der Waals surface area contributed by atoms with Crippen molar-refractivity contribution < 1.29 is 29.6 Å². The quantitative estimate of drug-likeness (QED) is 0.595. The van der Waals surface area contributed by atoms with Crippen LogP contribution in [0.1, 0.15) is 20.3 Å². The Kier molecular flexibility index (Phi) is 5.34. The number of nitrogens with one attached hydrogen (secondary N) is 1. The van der Waals surface area contributed by atoms with Gasteiger partial charge in [-0.1, -0.05) is 0 Å². The zero-order chi connectivity index (χ0) is 20.4. The SMILES string of the molecule is CCN1c2cc(NC(C)=O)ccc2OC(CC(=O)O)C1Cn1c(O)ccc1O. The van der Waals surface area contributed by atoms with Crippen molar-refractivity contribution in [3.8, 4) is 17.5 Å². The molecule has 0 fully saturated rings. The molecule has 150 valence electrons. The molecule has 2 heterocycles. The highest BCUT2D eigenvalue weighted by Gasteiger charge is 2.37. The lowest BCUT2D eigenvalue weighted by molar-refractivity contribution is -0.139. The van der Waals surface area contributed by atoms with E-state index in [0.29, 0.717) is 23.7 Å². The monoisotopic (exact) mass is 389 g/mol. The van der Waals surface area contributed by atoms with Crippen molar-refractivity contribution >= 4 is 23.3 Å². The number of ether oxygens (including phenoxy) is 1. The fraction of sp³-hybridized carbons (Fsp3) is 0.368. The molecule has 1 aliphatic heterocycles. The highest BCUT2D eigenvalue weighted by molar-refractivity contribution is 5.89. The van der Waals surface area contributed by atoms with Gasteiger partial charge in [0.1, 0.15) is 11.9 Å². The van der Waals surface area contributed by atoms with Crippen molar-refractivity contribution in [1.29, 1.82) is 0 Å². The van der Waals surface area contributed by atoms with Gasteiger partial charge in [0.15, 0.2) is 11.8 Å². The topological polar surface area (TPSA) is 124 Å². The van der Waals surface area contributed by atoms with Gasteiger partial charge in [0, 0.05) is 31.3 Å². The average Bonchev–Trinajstić information content (AvgIpc) is 2.93. The van der Waals surface area contributed by atoms with Crippen molar-refractivity contribution in [2.75, 3.05) is 16.8 Å². The molecule has 0 aliphatic carbocycles. The molecule has 1 aromatic carbocycles. The molecule has 2 aromatic rings. The van der Waals surface area contributed by atoms with Gasteiger partial charge in [-0.05, 0) is 25.1 Å². The molecule has 2 unspecified atom stereocenters. The summed E-state index contributed by atoms with van der Waals surface area (Å²) < 4.78 is 7.26. The van der Waals surface area contributed by atoms with Crippen molar-refractivity contribution in [3.05, 3.63) is 30.3 Å². The molecular formula is C19H23N3O6. The molecule has 28 heavy (non-hydrogen) atoms. The Morgan fingerprint density at radius 1 is 1.18 bits per heavy atom. The molecule has 1 aliphatic rings. The molecule has 0 saturated heterocycles. The molecular weight excluding hydrogens is 366 g/mol. The van der Waals surface area contributed by atoms with Crippen LogP contribution in [-0.4, -0.2) is 50.5 Å². The number of nitrogens with zero attached hydrogens (tertiary/aromatic N) is 2. The van der Waals surface area contributed by atoms with Gasteiger partial charge in [-0.2, -0.15) is 0 Å². The number of likely N-dealkylation sites (N-methyl/N-ethyl adjacent to an activating group) is 1. The molecule has 1 amide bonds. The van der Waals surface area contributed by atoms with Crippen LogP contribution in [-0.2, 0) is 16.1 Å². The van der Waals surface area contributed by atoms with Gasteiger partial charge >= 0.3 is 5.97 Å². The number of rotatable bonds is 6. The van der Waals surface area contributed by atoms with E-state index >= 15 is 0 Å². The molecule has 1 aromatic heterocycles. The second-order valence-corrected chi connectivity index (χ2v) is 6.63. The van der Waals surface area contributed by atoms with Crippen LogP contribution in [0.2, 0.25) is 0 Å². The lowest BCUT2D eigenvalue weighted by atomic mass is 10.0. The predicted molar refractivity (Wildman–Crippen MR) is 102 cm³/mol. The van der Waals surface area contributed by atoms with Gasteiger partial charge in [0.05, 0.1) is 24.7 Å². The minimum atomic E-state index is -1.01. The fourth-order valence-electron chi connectivity index (χ4n) is 3.53. The minimum absolute atomic E-state index is 0.125. The number of aromatic hydroxyl groups is 2. The van der Waals surface area contributed by atoms with E-state index in [9.17, 15) is 24.9 Å². The number of fused-ring (bicyclic) bond motifs is 1. The second-order valence-electron chi connectivity index (χ2n) is 6.63. The number of benzene rings is 1. The van der Waals surface area contributed by atoms with E-state index < -0.39 is 18.1 Å². The molecule has 0 bridgehead atoms. The number of aromatic nitrogens is 1. The van der Waals surface area contributed by atoms with Crippen LogP contribution in [0.15, 0.2) is 30.3 Å². The third-order valence-corrected chi connectivity index (χ3v) is 4.72. The van der Waals surface area contributed by atoms with Gasteiger partial charge < -0.3 is 30.3 Å². The fourth-order valence-corrected chi connectivity index (χ4v) is 3.53. The zero-order valence-electron chi connectivity index (χ0n) is 15.6. The van der Waals surface area contributed by atoms with E-state index in [4.69, 9.17) is 4.74 Å². The van der Waals surface area contributed by atoms with Crippen molar-refractivity contribution in [2.24, 2.45) is 0 Å². The first-order valence-electron chi connectivity index (χ1n) is 8.94. The largest absolute Gasteiger partial charge is 0.494 e. The lowest BCUT2D eigenvalue weighted by Crippen LogP contribution is -2.52. The van der Waals surface area contributed by atoms with E-state index in [0.717, 1.165) is 0 Å². The third kappa shape index (κ3) is 3.83. The van der Waals surface area contributed by atoms with Crippen LogP contribution in [0.25, 0.3) is 0 Å². The first kappa shape index (κ1) is 19.4. The Hall–Kier alpha value is -3.36. The van der Waals surface area contributed by atoms with Crippen molar-refractivity contribution in [3.63, 3.8) is 0 Å². The summed E-state index contributed by atoms with van der Waals surface area (Å²) in [4.78, 5) is 24.7. The Bertz CT molecular complexity index is 874. The summed E-state index contributed by atoms with van der Waals surface area (Å²) >= 11 is 0. The van der Waals surface area contributed by atoms with Gasteiger partial charge in [-0.15, -0.1) is 0 Å². The summed E-state index contributed by atoms with van der Waals surface area (Å²) in [5, 5.41) is 32.1. The van der Waals surface area contributed by atoms with E-state index in [1.54, 1.807) is 18.2 Å². The molecule has 0 saturated carbocycles. The van der Waals surface area contributed by atoms with Crippen LogP contribution >= 0.6 is 0 Å². The maximum Gasteiger partial charge on any atom is 0.307 e. The zero-order valence-corrected chi connectivity index (χ0v) is 15.6. The number of carboxylic acid groups (broad SMARTS) is 1. The summed E-state index contributed by atoms with van der Waals surface area (Å²) in [5.74, 6) is -0.951. The molecule has 3 rings (SSSR count). The van der Waals surface area contributed by atoms with Crippen LogP contribution in [0.3, 0.4) is 0 Å². The Morgan fingerprint density at radius 2 is 1.86 bits per heavy atom. The van der Waals surface area contributed by atoms with Gasteiger partial charge in [-0.3, -0.25) is 14.2 Å². The van der Waals surface area contributed by atoms with E-state index in [-0.39, 0.29) is 30.6 Å². The first-order chi connectivity index (χ1) is 13.3. The molecule has 9 nitrogen and oxygen atoms in total. The maximum absolute atomic E-state index is 11.4. The van der Waals surface area contributed by atoms with Crippen molar-refractivity contribution in [1.82, 2.24) is 4.57 Å². The lowest BCUT2D eigenvalue weighted by Gasteiger charge is -2.43. The van der Waals surface area contributed by atoms with Crippen LogP contribution in [0, 0.1) is 0 Å². The summed E-state index contributed by atoms with van der Waals surface area (Å²) in [6, 6.07) is 7.41. The smallest absolute Gasteiger partial charge is 0.307 e. The van der Waals surface area contributed by atoms with Gasteiger partial charge in [0.25, 0.3) is 0 Å². The first-order valence-corrected chi connectivity index (χ1v) is 8.94. The summed E-state index contributed by atoms with van der Waals surface area (Å²) in [5.41, 5.74) is 1.29. The molecule has 0 radical (unpaired) electrons. The molecule has 0 spiro atoms. The van der Waals surface area contributed by atoms with E-state index in [1.807, 2.05) is 11.8 Å². The predicted octanol–water partition coefficient (Wildman–Crippen LogP) is 1.99. The minimum Gasteiger partial charge on any atom is -0.494 e. The maximum atomic E-state index is 11.4. The highest BCUT2D eigenvalue weighted by atomic mass is 16.5. The summed E-state index contributed by atoms with van der Waals surface area (Å²) in [6.45, 7) is 3.99. The molecule has 2 atom stereocenters. The van der Waals surface area contributed by atoms with Gasteiger partial charge in [-0.25, -0.2) is 0 Å². The average molecular weight is 389 g/mol. The molecule has 9 heteroatoms. The Balaban J connectivity index is 2.01. The number of aliphatic carboxylic acids is 1. The standard InChI is InChI=1S/C19H23N3O6/c1-3-21-13-8-12(20-11(2)23)4-5-15(13)28-16(9-19(26)27)14(21)10-22-17(24)6-7-18(22)25/h4-8,14,16,24-25H,3,9-10H2,1-2H3,(H,20,23)(H,26,27). The third-order valence-electron chi connectivity index (χ3n) is 4.72. The van der Waals surface area contributed by atoms with E-state index in [1.165, 1.54) is 23.6 Å². The normalized spacial score (nSPS) is 18.3. The summed E-state index contributed by atoms with van der Waals surface area (Å²) in [7, 11) is 0. The summed E-state index contributed by atoms with van der Waals surface area (Å²) in [6.07, 6.45) is -0.936. The number of carbonyl (C=O) groups excluding carboxylic acids is 1. The number of carbonyl (C=O) groups is 2. The Labute approximate surface area is 161 Å². The van der Waals surface area contributed by atoms with Crippen LogP contribution in [0.5, 0.6) is 17.5 Å².